The number of thioether (sulfide) groups is 1. The minimum Gasteiger partial charge on any atom is -0.392 e. The van der Waals surface area contributed by atoms with Crippen LogP contribution in [0.1, 0.15) is 5.56 Å². The van der Waals surface area contributed by atoms with Crippen molar-refractivity contribution in [1.29, 1.82) is 0 Å². The first-order chi connectivity index (χ1) is 8.22. The zero-order valence-electron chi connectivity index (χ0n) is 9.33. The number of hydrogen-bond donors (Lipinski definition) is 1. The third-order valence-corrected chi connectivity index (χ3v) is 3.74. The van der Waals surface area contributed by atoms with Crippen molar-refractivity contribution < 1.29 is 10.0 Å². The van der Waals surface area contributed by atoms with Gasteiger partial charge >= 0.3 is 0 Å². The molecular formula is C11H14N2O3S. The largest absolute Gasteiger partial charge is 0.392 e. The van der Waals surface area contributed by atoms with Gasteiger partial charge in [0.05, 0.1) is 11.5 Å². The molecule has 1 N–H and O–H groups in total. The van der Waals surface area contributed by atoms with Crippen molar-refractivity contribution in [2.75, 3.05) is 29.5 Å². The Labute approximate surface area is 104 Å². The van der Waals surface area contributed by atoms with Crippen molar-refractivity contribution in [2.45, 2.75) is 6.61 Å². The third-order valence-electron chi connectivity index (χ3n) is 2.80. The van der Waals surface area contributed by atoms with Gasteiger partial charge in [-0.2, -0.15) is 11.8 Å². The average molecular weight is 254 g/mol. The highest BCUT2D eigenvalue weighted by Gasteiger charge is 2.17. The standard InChI is InChI=1S/C11H14N2O3S/c14-8-9-7-10(13(15)16)1-2-11(9)12-3-5-17-6-4-12/h1-2,7,14H,3-6,8H2. The van der Waals surface area contributed by atoms with Gasteiger partial charge in [-0.15, -0.1) is 0 Å². The van der Waals surface area contributed by atoms with Crippen molar-refractivity contribution in [2.24, 2.45) is 0 Å². The summed E-state index contributed by atoms with van der Waals surface area (Å²) < 4.78 is 0. The molecule has 0 aromatic heterocycles. The topological polar surface area (TPSA) is 66.6 Å². The van der Waals surface area contributed by atoms with Crippen molar-refractivity contribution >= 4 is 23.1 Å². The summed E-state index contributed by atoms with van der Waals surface area (Å²) in [6.07, 6.45) is 0. The Morgan fingerprint density at radius 2 is 2.12 bits per heavy atom. The van der Waals surface area contributed by atoms with Gasteiger partial charge in [0, 0.05) is 48.0 Å². The lowest BCUT2D eigenvalue weighted by Crippen LogP contribution is -2.33. The van der Waals surface area contributed by atoms with Gasteiger partial charge in [-0.05, 0) is 6.07 Å². The van der Waals surface area contributed by atoms with Crippen LogP contribution in [0, 0.1) is 10.1 Å². The second-order valence-electron chi connectivity index (χ2n) is 3.83. The van der Waals surface area contributed by atoms with E-state index in [1.54, 1.807) is 6.07 Å². The van der Waals surface area contributed by atoms with Crippen molar-refractivity contribution in [3.63, 3.8) is 0 Å². The highest BCUT2D eigenvalue weighted by atomic mass is 32.2. The smallest absolute Gasteiger partial charge is 0.269 e. The number of nitrogens with zero attached hydrogens (tertiary/aromatic N) is 2. The fraction of sp³-hybridized carbons (Fsp3) is 0.455. The number of benzene rings is 1. The molecule has 2 rings (SSSR count). The fourth-order valence-electron chi connectivity index (χ4n) is 1.92. The van der Waals surface area contributed by atoms with Gasteiger partial charge in [-0.25, -0.2) is 0 Å². The van der Waals surface area contributed by atoms with E-state index in [0.29, 0.717) is 5.56 Å². The predicted molar refractivity (Wildman–Crippen MR) is 68.6 cm³/mol. The average Bonchev–Trinajstić information content (AvgIpc) is 2.39. The van der Waals surface area contributed by atoms with E-state index in [1.165, 1.54) is 12.1 Å². The molecule has 1 aromatic rings. The molecule has 0 unspecified atom stereocenters. The Balaban J connectivity index is 2.29. The number of hydrogen-bond acceptors (Lipinski definition) is 5. The van der Waals surface area contributed by atoms with E-state index in [9.17, 15) is 15.2 Å². The first-order valence-corrected chi connectivity index (χ1v) is 6.58. The molecule has 1 saturated heterocycles. The number of nitro benzene ring substituents is 1. The van der Waals surface area contributed by atoms with Crippen LogP contribution in [0.15, 0.2) is 18.2 Å². The maximum absolute atomic E-state index is 10.7. The number of rotatable bonds is 3. The van der Waals surface area contributed by atoms with Crippen LogP contribution in [0.25, 0.3) is 0 Å². The summed E-state index contributed by atoms with van der Waals surface area (Å²) in [6.45, 7) is 1.69. The number of aliphatic hydroxyl groups excluding tert-OH is 1. The summed E-state index contributed by atoms with van der Waals surface area (Å²) in [7, 11) is 0. The summed E-state index contributed by atoms with van der Waals surface area (Å²) in [5.41, 5.74) is 1.58. The summed E-state index contributed by atoms with van der Waals surface area (Å²) in [4.78, 5) is 12.4. The van der Waals surface area contributed by atoms with Gasteiger partial charge in [0.15, 0.2) is 0 Å². The molecule has 1 fully saturated rings. The molecule has 1 aliphatic rings. The molecule has 1 aliphatic heterocycles. The van der Waals surface area contributed by atoms with Crippen molar-refractivity contribution in [3.8, 4) is 0 Å². The molecule has 92 valence electrons. The Morgan fingerprint density at radius 1 is 1.41 bits per heavy atom. The van der Waals surface area contributed by atoms with Crippen LogP contribution < -0.4 is 4.90 Å². The van der Waals surface area contributed by atoms with Gasteiger partial charge in [0.2, 0.25) is 0 Å². The molecular weight excluding hydrogens is 240 g/mol. The van der Waals surface area contributed by atoms with Crippen LogP contribution in [0.4, 0.5) is 11.4 Å². The highest BCUT2D eigenvalue weighted by molar-refractivity contribution is 7.99. The van der Waals surface area contributed by atoms with Crippen LogP contribution in [0.5, 0.6) is 0 Å². The molecule has 5 nitrogen and oxygen atoms in total. The summed E-state index contributed by atoms with van der Waals surface area (Å²) in [5.74, 6) is 2.11. The van der Waals surface area contributed by atoms with Gasteiger partial charge < -0.3 is 10.0 Å². The minimum absolute atomic E-state index is 0.0317. The first-order valence-electron chi connectivity index (χ1n) is 5.43. The second-order valence-corrected chi connectivity index (χ2v) is 5.05. The summed E-state index contributed by atoms with van der Waals surface area (Å²) in [5, 5.41) is 20.0. The molecule has 0 saturated carbocycles. The van der Waals surface area contributed by atoms with Crippen LogP contribution in [-0.4, -0.2) is 34.6 Å². The van der Waals surface area contributed by atoms with Crippen LogP contribution >= 0.6 is 11.8 Å². The Morgan fingerprint density at radius 3 is 2.71 bits per heavy atom. The van der Waals surface area contributed by atoms with Crippen molar-refractivity contribution in [3.05, 3.63) is 33.9 Å². The first kappa shape index (κ1) is 12.2. The molecule has 1 heterocycles. The zero-order chi connectivity index (χ0) is 12.3. The van der Waals surface area contributed by atoms with E-state index in [-0.39, 0.29) is 12.3 Å². The van der Waals surface area contributed by atoms with Crippen molar-refractivity contribution in [1.82, 2.24) is 0 Å². The van der Waals surface area contributed by atoms with Crippen LogP contribution in [-0.2, 0) is 6.61 Å². The second kappa shape index (κ2) is 5.37. The highest BCUT2D eigenvalue weighted by Crippen LogP contribution is 2.27. The third kappa shape index (κ3) is 2.70. The maximum Gasteiger partial charge on any atom is 0.269 e. The van der Waals surface area contributed by atoms with E-state index >= 15 is 0 Å². The Hall–Kier alpha value is -1.27. The van der Waals surface area contributed by atoms with E-state index in [0.717, 1.165) is 30.3 Å². The van der Waals surface area contributed by atoms with Gasteiger partial charge in [-0.1, -0.05) is 0 Å². The Kier molecular flexibility index (Phi) is 3.86. The van der Waals surface area contributed by atoms with E-state index in [2.05, 4.69) is 4.90 Å². The molecule has 0 atom stereocenters. The molecule has 0 aliphatic carbocycles. The fourth-order valence-corrected chi connectivity index (χ4v) is 2.83. The van der Waals surface area contributed by atoms with E-state index < -0.39 is 4.92 Å². The number of nitro groups is 1. The molecule has 0 spiro atoms. The van der Waals surface area contributed by atoms with Crippen LogP contribution in [0.2, 0.25) is 0 Å². The molecule has 6 heteroatoms. The number of non-ortho nitro benzene ring substituents is 1. The SMILES string of the molecule is O=[N+]([O-])c1ccc(N2CCSCC2)c(CO)c1. The van der Waals surface area contributed by atoms with Gasteiger partial charge in [0.1, 0.15) is 0 Å². The predicted octanol–water partition coefficient (Wildman–Crippen LogP) is 1.64. The normalized spacial score (nSPS) is 15.9. The van der Waals surface area contributed by atoms with E-state index in [4.69, 9.17) is 0 Å². The number of anilines is 1. The molecule has 0 radical (unpaired) electrons. The van der Waals surface area contributed by atoms with Crippen LogP contribution in [0.3, 0.4) is 0 Å². The zero-order valence-corrected chi connectivity index (χ0v) is 10.2. The lowest BCUT2D eigenvalue weighted by Gasteiger charge is -2.29. The molecule has 17 heavy (non-hydrogen) atoms. The Bertz CT molecular complexity index is 419. The molecule has 0 bridgehead atoms. The lowest BCUT2D eigenvalue weighted by atomic mass is 10.1. The van der Waals surface area contributed by atoms with Gasteiger partial charge in [-0.3, -0.25) is 10.1 Å². The maximum atomic E-state index is 10.7. The molecule has 1 aromatic carbocycles. The minimum atomic E-state index is -0.436. The lowest BCUT2D eigenvalue weighted by molar-refractivity contribution is -0.384. The quantitative estimate of drug-likeness (QED) is 0.656. The van der Waals surface area contributed by atoms with Gasteiger partial charge in [0.25, 0.3) is 5.69 Å². The monoisotopic (exact) mass is 254 g/mol. The number of aliphatic hydroxyl groups is 1. The summed E-state index contributed by atoms with van der Waals surface area (Å²) in [6, 6.07) is 4.69. The van der Waals surface area contributed by atoms with E-state index in [1.807, 2.05) is 11.8 Å². The molecule has 0 amide bonds. The summed E-state index contributed by atoms with van der Waals surface area (Å²) >= 11 is 1.90.